The number of carbonyl (C=O) groups is 2. The van der Waals surface area contributed by atoms with Gasteiger partial charge in [0.2, 0.25) is 5.91 Å². The number of aromatic nitrogens is 1. The van der Waals surface area contributed by atoms with E-state index in [-0.39, 0.29) is 18.4 Å². The average Bonchev–Trinajstić information content (AvgIpc) is 3.30. The number of anilines is 2. The van der Waals surface area contributed by atoms with Gasteiger partial charge in [-0.15, -0.1) is 11.3 Å². The van der Waals surface area contributed by atoms with Gasteiger partial charge in [-0.05, 0) is 44.2 Å². The number of hydrogen-bond acceptors (Lipinski definition) is 6. The number of nitrogens with zero attached hydrogens (tertiary/aromatic N) is 3. The van der Waals surface area contributed by atoms with Crippen molar-refractivity contribution in [3.05, 3.63) is 58.9 Å². The Bertz CT molecular complexity index is 1130. The number of para-hydroxylation sites is 1. The molecule has 7 nitrogen and oxygen atoms in total. The molecular weight excluding hydrogens is 438 g/mol. The Hall–Kier alpha value is -3.23. The third kappa shape index (κ3) is 4.91. The molecule has 0 spiro atoms. The molecule has 33 heavy (non-hydrogen) atoms. The molecule has 0 bridgehead atoms. The maximum Gasteiger partial charge on any atom is 0.268 e. The summed E-state index contributed by atoms with van der Waals surface area (Å²) < 4.78 is 11.0. The van der Waals surface area contributed by atoms with Crippen molar-refractivity contribution < 1.29 is 19.1 Å². The lowest BCUT2D eigenvalue weighted by Crippen LogP contribution is -2.49. The first-order valence-corrected chi connectivity index (χ1v) is 11.8. The van der Waals surface area contributed by atoms with Crippen LogP contribution in [0, 0.1) is 0 Å². The molecule has 1 atom stereocenters. The lowest BCUT2D eigenvalue weighted by atomic mass is 10.1. The molecule has 4 rings (SSSR count). The van der Waals surface area contributed by atoms with Gasteiger partial charge in [-0.25, -0.2) is 4.98 Å². The lowest BCUT2D eigenvalue weighted by Gasteiger charge is -2.34. The largest absolute Gasteiger partial charge is 0.479 e. The standard InChI is InChI=1S/C25H27N3O4S/c1-4-27(19-8-6-5-7-9-19)24(29)15-28-21-14-18(10-11-22(21)32-17(2)25(28)30)20-16-33-23(26-20)12-13-31-3/h5-11,14,16-17H,4,12-13,15H2,1-3H3. The van der Waals surface area contributed by atoms with Gasteiger partial charge in [-0.1, -0.05) is 18.2 Å². The van der Waals surface area contributed by atoms with Gasteiger partial charge in [-0.3, -0.25) is 14.5 Å². The van der Waals surface area contributed by atoms with Crippen molar-refractivity contribution in [2.45, 2.75) is 26.4 Å². The number of methoxy groups -OCH3 is 1. The van der Waals surface area contributed by atoms with Crippen molar-refractivity contribution in [3.63, 3.8) is 0 Å². The van der Waals surface area contributed by atoms with Gasteiger partial charge in [0.15, 0.2) is 6.10 Å². The van der Waals surface area contributed by atoms with E-state index in [0.29, 0.717) is 24.6 Å². The summed E-state index contributed by atoms with van der Waals surface area (Å²) in [6, 6.07) is 15.1. The van der Waals surface area contributed by atoms with E-state index >= 15 is 0 Å². The van der Waals surface area contributed by atoms with Crippen LogP contribution in [0.5, 0.6) is 5.75 Å². The molecule has 0 saturated carbocycles. The summed E-state index contributed by atoms with van der Waals surface area (Å²) in [4.78, 5) is 34.2. The van der Waals surface area contributed by atoms with E-state index in [1.165, 1.54) is 4.90 Å². The number of carbonyl (C=O) groups excluding carboxylic acids is 2. The zero-order valence-corrected chi connectivity index (χ0v) is 19.8. The molecule has 1 unspecified atom stereocenters. The molecule has 1 aromatic heterocycles. The highest BCUT2D eigenvalue weighted by Crippen LogP contribution is 2.38. The van der Waals surface area contributed by atoms with E-state index in [0.717, 1.165) is 28.4 Å². The number of rotatable bonds is 8. The van der Waals surface area contributed by atoms with Gasteiger partial charge >= 0.3 is 0 Å². The summed E-state index contributed by atoms with van der Waals surface area (Å²) in [6.07, 6.45) is 0.0842. The highest BCUT2D eigenvalue weighted by Gasteiger charge is 2.34. The van der Waals surface area contributed by atoms with Crippen LogP contribution in [0.1, 0.15) is 18.9 Å². The van der Waals surface area contributed by atoms with Crippen LogP contribution in [0.3, 0.4) is 0 Å². The van der Waals surface area contributed by atoms with E-state index in [4.69, 9.17) is 9.47 Å². The maximum absolute atomic E-state index is 13.2. The molecule has 172 valence electrons. The first kappa shape index (κ1) is 22.9. The van der Waals surface area contributed by atoms with E-state index < -0.39 is 6.10 Å². The van der Waals surface area contributed by atoms with Crippen LogP contribution in [-0.4, -0.2) is 49.7 Å². The summed E-state index contributed by atoms with van der Waals surface area (Å²) in [6.45, 7) is 4.68. The molecule has 1 aliphatic rings. The minimum atomic E-state index is -0.664. The van der Waals surface area contributed by atoms with Crippen molar-refractivity contribution in [2.24, 2.45) is 0 Å². The van der Waals surface area contributed by atoms with Crippen LogP contribution in [0.2, 0.25) is 0 Å². The number of hydrogen-bond donors (Lipinski definition) is 0. The second-order valence-electron chi connectivity index (χ2n) is 7.71. The van der Waals surface area contributed by atoms with Crippen LogP contribution in [0.4, 0.5) is 11.4 Å². The number of fused-ring (bicyclic) bond motifs is 1. The van der Waals surface area contributed by atoms with Gasteiger partial charge < -0.3 is 14.4 Å². The Morgan fingerprint density at radius 3 is 2.76 bits per heavy atom. The molecular formula is C25H27N3O4S. The fourth-order valence-corrected chi connectivity index (χ4v) is 4.60. The van der Waals surface area contributed by atoms with Crippen LogP contribution in [0.25, 0.3) is 11.3 Å². The normalized spacial score (nSPS) is 15.2. The zero-order chi connectivity index (χ0) is 23.4. The van der Waals surface area contributed by atoms with Crippen LogP contribution in [0.15, 0.2) is 53.9 Å². The van der Waals surface area contributed by atoms with Gasteiger partial charge in [0.05, 0.1) is 23.0 Å². The van der Waals surface area contributed by atoms with Crippen molar-refractivity contribution >= 4 is 34.5 Å². The van der Waals surface area contributed by atoms with Gasteiger partial charge in [0, 0.05) is 36.7 Å². The molecule has 0 radical (unpaired) electrons. The van der Waals surface area contributed by atoms with E-state index in [9.17, 15) is 9.59 Å². The molecule has 0 fully saturated rings. The van der Waals surface area contributed by atoms with Crippen molar-refractivity contribution in [2.75, 3.05) is 36.6 Å². The first-order valence-electron chi connectivity index (χ1n) is 10.9. The number of amides is 2. The number of benzene rings is 2. The summed E-state index contributed by atoms with van der Waals surface area (Å²) in [5.41, 5.74) is 3.08. The molecule has 2 heterocycles. The Morgan fingerprint density at radius 2 is 2.03 bits per heavy atom. The Kier molecular flexibility index (Phi) is 7.05. The van der Waals surface area contributed by atoms with Crippen molar-refractivity contribution in [1.82, 2.24) is 4.98 Å². The maximum atomic E-state index is 13.2. The molecule has 0 N–H and O–H groups in total. The fraction of sp³-hybridized carbons (Fsp3) is 0.320. The minimum absolute atomic E-state index is 0.0676. The quantitative estimate of drug-likeness (QED) is 0.499. The highest BCUT2D eigenvalue weighted by atomic mass is 32.1. The van der Waals surface area contributed by atoms with Gasteiger partial charge in [0.1, 0.15) is 12.3 Å². The smallest absolute Gasteiger partial charge is 0.268 e. The second-order valence-corrected chi connectivity index (χ2v) is 8.65. The van der Waals surface area contributed by atoms with E-state index in [2.05, 4.69) is 4.98 Å². The second kappa shape index (κ2) is 10.1. The highest BCUT2D eigenvalue weighted by molar-refractivity contribution is 7.09. The van der Waals surface area contributed by atoms with E-state index in [1.54, 1.807) is 30.3 Å². The lowest BCUT2D eigenvalue weighted by molar-refractivity contribution is -0.127. The predicted octanol–water partition coefficient (Wildman–Crippen LogP) is 4.17. The summed E-state index contributed by atoms with van der Waals surface area (Å²) in [7, 11) is 1.67. The Balaban J connectivity index is 1.63. The SMILES string of the molecule is CCN(C(=O)CN1C(=O)C(C)Oc2ccc(-c3csc(CCOC)n3)cc21)c1ccccc1. The molecule has 3 aromatic rings. The summed E-state index contributed by atoms with van der Waals surface area (Å²) in [5, 5.41) is 2.98. The Morgan fingerprint density at radius 1 is 1.24 bits per heavy atom. The van der Waals surface area contributed by atoms with Crippen molar-refractivity contribution in [1.29, 1.82) is 0 Å². The van der Waals surface area contributed by atoms with Crippen LogP contribution < -0.4 is 14.5 Å². The average molecular weight is 466 g/mol. The number of thiazole rings is 1. The summed E-state index contributed by atoms with van der Waals surface area (Å²) >= 11 is 1.57. The number of ether oxygens (including phenoxy) is 2. The van der Waals surface area contributed by atoms with Gasteiger partial charge in [0.25, 0.3) is 5.91 Å². The molecule has 2 aromatic carbocycles. The predicted molar refractivity (Wildman–Crippen MR) is 130 cm³/mol. The zero-order valence-electron chi connectivity index (χ0n) is 19.0. The molecule has 8 heteroatoms. The summed E-state index contributed by atoms with van der Waals surface area (Å²) in [5.74, 6) is 0.186. The minimum Gasteiger partial charge on any atom is -0.479 e. The fourth-order valence-electron chi connectivity index (χ4n) is 3.81. The third-order valence-electron chi connectivity index (χ3n) is 5.51. The number of likely N-dealkylation sites (N-methyl/N-ethyl adjacent to an activating group) is 1. The molecule has 0 aliphatic carbocycles. The first-order chi connectivity index (χ1) is 16.0. The Labute approximate surface area is 197 Å². The monoisotopic (exact) mass is 465 g/mol. The van der Waals surface area contributed by atoms with E-state index in [1.807, 2.05) is 60.8 Å². The van der Waals surface area contributed by atoms with Crippen LogP contribution in [-0.2, 0) is 20.7 Å². The molecule has 0 saturated heterocycles. The van der Waals surface area contributed by atoms with Crippen molar-refractivity contribution in [3.8, 4) is 17.0 Å². The molecule has 1 aliphatic heterocycles. The topological polar surface area (TPSA) is 72.0 Å². The van der Waals surface area contributed by atoms with Gasteiger partial charge in [-0.2, -0.15) is 0 Å². The van der Waals surface area contributed by atoms with Crippen LogP contribution >= 0.6 is 11.3 Å². The third-order valence-corrected chi connectivity index (χ3v) is 6.42. The molecule has 2 amide bonds.